The van der Waals surface area contributed by atoms with Gasteiger partial charge in [-0.3, -0.25) is 0 Å². The molecule has 6 heterocycles. The van der Waals surface area contributed by atoms with Crippen LogP contribution >= 0.6 is 0 Å². The van der Waals surface area contributed by atoms with Crippen molar-refractivity contribution in [2.75, 3.05) is 6.61 Å². The molecule has 0 aromatic heterocycles. The molecule has 1 aromatic rings. The molecule has 6 aliphatic rings. The first-order valence-electron chi connectivity index (χ1n) is 33.9. The number of hydrogen-bond acceptors (Lipinski definition) is 19. The van der Waals surface area contributed by atoms with Crippen LogP contribution in [0, 0.1) is 0 Å². The van der Waals surface area contributed by atoms with E-state index in [1.54, 1.807) is 135 Å². The fourth-order valence-electron chi connectivity index (χ4n) is 14.6. The van der Waals surface area contributed by atoms with E-state index in [9.17, 15) is 69.1 Å². The largest absolute Gasteiger partial charge is 0.393 e. The molecule has 102 heavy (non-hydrogen) atoms. The first kappa shape index (κ1) is 93.0. The van der Waals surface area contributed by atoms with E-state index in [-0.39, 0.29) is 19.3 Å². The van der Waals surface area contributed by atoms with E-state index in [4.69, 9.17) is 57.2 Å². The van der Waals surface area contributed by atoms with E-state index in [1.165, 1.54) is 66.7 Å². The summed E-state index contributed by atoms with van der Waals surface area (Å²) in [6.45, 7) is 43.3. The quantitative estimate of drug-likeness (QED) is 0.0524. The van der Waals surface area contributed by atoms with Crippen LogP contribution in [0.15, 0.2) is 81.8 Å². The number of rotatable bonds is 20. The topological polar surface area (TPSA) is 257 Å². The SMILES string of the molecule is CC(C)=C[C@]1(C)OC(C)(C)O[C@@H]1[C@](O)(CO)C(F)F.CC[C@@](O)([C@H]1OC(C)(C)O[C@@]1(C)C=C(C)C)C(F)(F)S(=O)(=O)c1ccccc1.CC[C@@]1(C(F)F)OC(O)[C@]2(C)OC(C)(C)O[C@@H]21.CC[C@](O)(C(F)F)[C@H]1OC(C)(C)O[C@@]1(C)C=C(C)C.CC[C@](O)(C(F)F)[C@H]1OC(C)(C)O[C@@]1(C)C=C(C)C. The predicted octanol–water partition coefficient (Wildman–Crippen LogP) is 14.1. The monoisotopic (exact) mass is 1510 g/mol. The van der Waals surface area contributed by atoms with Crippen LogP contribution < -0.4 is 0 Å². The van der Waals surface area contributed by atoms with Crippen LogP contribution in [-0.4, -0.2) is 198 Å². The second-order valence-corrected chi connectivity index (χ2v) is 33.2. The second kappa shape index (κ2) is 32.1. The minimum Gasteiger partial charge on any atom is -0.393 e. The maximum Gasteiger partial charge on any atom is 0.380 e. The van der Waals surface area contributed by atoms with Crippen molar-refractivity contribution in [3.05, 3.63) is 76.9 Å². The third kappa shape index (κ3) is 19.4. The van der Waals surface area contributed by atoms with E-state index in [0.29, 0.717) is 0 Å². The number of ether oxygens (including phenoxy) is 11. The van der Waals surface area contributed by atoms with Crippen molar-refractivity contribution in [1.82, 2.24) is 0 Å². The van der Waals surface area contributed by atoms with Crippen molar-refractivity contribution in [3.8, 4) is 0 Å². The normalized spacial score (nSPS) is 34.2. The van der Waals surface area contributed by atoms with Crippen molar-refractivity contribution >= 4 is 9.84 Å². The maximum atomic E-state index is 15.5. The number of hydrogen-bond donors (Lipinski definition) is 6. The van der Waals surface area contributed by atoms with Gasteiger partial charge in [-0.05, 0) is 197 Å². The number of aliphatic hydroxyl groups excluding tert-OH is 2. The van der Waals surface area contributed by atoms with E-state index >= 15 is 8.78 Å². The van der Waals surface area contributed by atoms with Crippen LogP contribution in [-0.2, 0) is 61.9 Å². The van der Waals surface area contributed by atoms with Crippen LogP contribution in [0.5, 0.6) is 0 Å². The smallest absolute Gasteiger partial charge is 0.380 e. The molecular formula is C72H116F10O19S. The lowest BCUT2D eigenvalue weighted by Crippen LogP contribution is -2.64. The number of halogens is 10. The molecule has 1 unspecified atom stereocenters. The summed E-state index contributed by atoms with van der Waals surface area (Å²) in [7, 11) is -5.20. The summed E-state index contributed by atoms with van der Waals surface area (Å²) in [5.41, 5.74) is -14.6. The number of aliphatic hydroxyl groups is 6. The lowest BCUT2D eigenvalue weighted by atomic mass is 9.82. The Morgan fingerprint density at radius 2 is 0.755 bits per heavy atom. The average molecular weight is 1510 g/mol. The zero-order valence-electron chi connectivity index (χ0n) is 64.2. The van der Waals surface area contributed by atoms with Crippen molar-refractivity contribution in [3.63, 3.8) is 0 Å². The lowest BCUT2D eigenvalue weighted by Gasteiger charge is -2.42. The molecule has 16 atom stereocenters. The molecule has 594 valence electrons. The highest BCUT2D eigenvalue weighted by molar-refractivity contribution is 7.92. The Balaban J connectivity index is 0.000000336. The Labute approximate surface area is 596 Å². The van der Waals surface area contributed by atoms with Crippen LogP contribution in [0.3, 0.4) is 0 Å². The Bertz CT molecular complexity index is 3030. The Hall–Kier alpha value is -3.25. The number of fused-ring (bicyclic) bond motifs is 1. The Kier molecular flexibility index (Phi) is 29.3. The second-order valence-electron chi connectivity index (χ2n) is 31.2. The molecule has 0 radical (unpaired) electrons. The van der Waals surface area contributed by atoms with Crippen LogP contribution in [0.4, 0.5) is 43.9 Å². The molecule has 0 amide bonds. The summed E-state index contributed by atoms with van der Waals surface area (Å²) >= 11 is 0. The minimum atomic E-state index is -5.20. The van der Waals surface area contributed by atoms with Gasteiger partial charge >= 0.3 is 5.25 Å². The van der Waals surface area contributed by atoms with Gasteiger partial charge in [0.2, 0.25) is 9.84 Å². The van der Waals surface area contributed by atoms with Gasteiger partial charge < -0.3 is 82.7 Å². The number of alkyl halides is 10. The highest BCUT2D eigenvalue weighted by Crippen LogP contribution is 2.56. The van der Waals surface area contributed by atoms with E-state index < -0.39 is 180 Å². The van der Waals surface area contributed by atoms with Crippen molar-refractivity contribution < 1.29 is 135 Å². The number of benzene rings is 1. The Morgan fingerprint density at radius 3 is 1.02 bits per heavy atom. The predicted molar refractivity (Wildman–Crippen MR) is 360 cm³/mol. The molecule has 6 N–H and O–H groups in total. The van der Waals surface area contributed by atoms with Gasteiger partial charge in [0, 0.05) is 0 Å². The molecule has 19 nitrogen and oxygen atoms in total. The molecule has 30 heteroatoms. The molecule has 0 aliphatic carbocycles. The molecule has 0 bridgehead atoms. The molecule has 6 aliphatic heterocycles. The van der Waals surface area contributed by atoms with Gasteiger partial charge in [-0.15, -0.1) is 0 Å². The third-order valence-corrected chi connectivity index (χ3v) is 20.1. The van der Waals surface area contributed by atoms with Gasteiger partial charge in [0.1, 0.15) is 58.5 Å². The standard InChI is InChI=1S/C20H28F2O5S.2C14H24F2O3.C13H22F2O4.C11H18F2O4/c1-7-19(23,16-18(6,13-14(2)3)27-17(4,5)26-16)20(21,22)28(24,25)15-11-9-8-10-12-15;2*1-7-14(17,11(15)16)10-13(6,8-9(2)3)19-12(4,5)18-10;1-8(2)6-12(5)9(18-11(3,4)19-12)13(17,7-16)10(14)15;1-5-11(7(12)13)6-10(4,8(14)16-11)17-9(2,3)15-6/h8-13,16,23H,7H2,1-6H3;2*8,10-11,17H,7H2,1-6H3;6,9-10,16-17H,7H2,1-5H3;6-8,14H,5H2,1-4H3/t16-,18-,19+;2*10-,13-,14+;9-,12-,13+;6-,8?,10+,11+/m00000/s1. The fourth-order valence-corrected chi connectivity index (χ4v) is 16.1. The zero-order valence-corrected chi connectivity index (χ0v) is 65.0. The first-order chi connectivity index (χ1) is 45.7. The molecule has 6 fully saturated rings. The summed E-state index contributed by atoms with van der Waals surface area (Å²) in [5.74, 6) is -5.43. The molecule has 7 rings (SSSR count). The fraction of sp³-hybridized carbons (Fsp3) is 0.806. The Morgan fingerprint density at radius 1 is 0.461 bits per heavy atom. The van der Waals surface area contributed by atoms with E-state index in [1.807, 2.05) is 27.7 Å². The highest BCUT2D eigenvalue weighted by Gasteiger charge is 2.74. The lowest BCUT2D eigenvalue weighted by molar-refractivity contribution is -0.278. The van der Waals surface area contributed by atoms with Crippen molar-refractivity contribution in [1.29, 1.82) is 0 Å². The van der Waals surface area contributed by atoms with Gasteiger partial charge in [0.05, 0.1) is 11.5 Å². The summed E-state index contributed by atoms with van der Waals surface area (Å²) < 4.78 is 224. The first-order valence-corrected chi connectivity index (χ1v) is 35.4. The number of allylic oxidation sites excluding steroid dienone is 4. The van der Waals surface area contributed by atoms with Crippen LogP contribution in [0.25, 0.3) is 0 Å². The highest BCUT2D eigenvalue weighted by atomic mass is 32.2. The maximum absolute atomic E-state index is 15.5. The summed E-state index contributed by atoms with van der Waals surface area (Å²) in [6.07, 6.45) is -13.4. The van der Waals surface area contributed by atoms with Crippen molar-refractivity contribution in [2.45, 2.75) is 370 Å². The number of sulfone groups is 1. The van der Waals surface area contributed by atoms with Gasteiger partial charge in [-0.25, -0.2) is 43.5 Å². The average Bonchev–Trinajstić information content (AvgIpc) is 1.44. The molecular weight excluding hydrogens is 1390 g/mol. The molecule has 1 aromatic carbocycles. The third-order valence-electron chi connectivity index (χ3n) is 18.2. The van der Waals surface area contributed by atoms with Crippen molar-refractivity contribution in [2.24, 2.45) is 0 Å². The zero-order chi connectivity index (χ0) is 79.8. The van der Waals surface area contributed by atoms with E-state index in [0.717, 1.165) is 34.4 Å². The van der Waals surface area contributed by atoms with Gasteiger partial charge in [-0.2, -0.15) is 8.78 Å². The van der Waals surface area contributed by atoms with Crippen LogP contribution in [0.2, 0.25) is 0 Å². The molecule has 0 spiro atoms. The summed E-state index contributed by atoms with van der Waals surface area (Å²) in [5, 5.41) is 56.3. The van der Waals surface area contributed by atoms with Gasteiger partial charge in [0.15, 0.2) is 63.2 Å². The molecule has 0 saturated carbocycles. The minimum absolute atomic E-state index is 0.0431. The summed E-state index contributed by atoms with van der Waals surface area (Å²) in [4.78, 5) is -0.575. The van der Waals surface area contributed by atoms with E-state index in [2.05, 4.69) is 0 Å². The van der Waals surface area contributed by atoms with Crippen LogP contribution in [0.1, 0.15) is 213 Å². The summed E-state index contributed by atoms with van der Waals surface area (Å²) in [6, 6.07) is 6.36. The van der Waals surface area contributed by atoms with Gasteiger partial charge in [-0.1, -0.05) is 92.5 Å². The molecule has 6 saturated heterocycles. The van der Waals surface area contributed by atoms with Gasteiger partial charge in [0.25, 0.3) is 25.7 Å².